The van der Waals surface area contributed by atoms with Crippen molar-refractivity contribution in [2.75, 3.05) is 21.3 Å². The van der Waals surface area contributed by atoms with Crippen molar-refractivity contribution >= 4 is 5.97 Å². The second kappa shape index (κ2) is 7.17. The predicted molar refractivity (Wildman–Crippen MR) is 77.0 cm³/mol. The molecule has 0 aliphatic heterocycles. The zero-order valence-corrected chi connectivity index (χ0v) is 12.9. The van der Waals surface area contributed by atoms with E-state index in [4.69, 9.17) is 14.2 Å². The van der Waals surface area contributed by atoms with E-state index in [-0.39, 0.29) is 5.92 Å². The minimum Gasteiger partial charge on any atom is -0.496 e. The number of aliphatic hydroxyl groups is 1. The molecular formula is C15H22O6. The van der Waals surface area contributed by atoms with Crippen LogP contribution in [0.25, 0.3) is 0 Å². The second-order valence-electron chi connectivity index (χ2n) is 5.00. The number of ether oxygens (including phenoxy) is 3. The predicted octanol–water partition coefficient (Wildman–Crippen LogP) is 2.10. The monoisotopic (exact) mass is 298 g/mol. The molecule has 0 amide bonds. The van der Waals surface area contributed by atoms with E-state index < -0.39 is 18.0 Å². The average molecular weight is 298 g/mol. The Morgan fingerprint density at radius 2 is 1.48 bits per heavy atom. The maximum Gasteiger partial charge on any atom is 0.309 e. The quantitative estimate of drug-likeness (QED) is 0.802. The molecule has 1 aromatic rings. The Morgan fingerprint density at radius 1 is 1.00 bits per heavy atom. The van der Waals surface area contributed by atoms with E-state index in [0.717, 1.165) is 0 Å². The van der Waals surface area contributed by atoms with Crippen LogP contribution in [-0.4, -0.2) is 37.5 Å². The van der Waals surface area contributed by atoms with Gasteiger partial charge in [0, 0.05) is 11.6 Å². The molecule has 1 aromatic carbocycles. The van der Waals surface area contributed by atoms with Crippen LogP contribution < -0.4 is 14.2 Å². The number of carboxylic acids is 1. The Bertz CT molecular complexity index is 497. The number of carbonyl (C=O) groups is 1. The van der Waals surface area contributed by atoms with Crippen LogP contribution in [0.3, 0.4) is 0 Å². The lowest BCUT2D eigenvalue weighted by molar-refractivity contribution is -0.148. The Kier molecular flexibility index (Phi) is 5.84. The van der Waals surface area contributed by atoms with E-state index in [2.05, 4.69) is 0 Å². The Balaban J connectivity index is 3.36. The summed E-state index contributed by atoms with van der Waals surface area (Å²) in [6, 6.07) is 3.11. The van der Waals surface area contributed by atoms with Gasteiger partial charge in [0.25, 0.3) is 0 Å². The lowest BCUT2D eigenvalue weighted by Gasteiger charge is -2.25. The van der Waals surface area contributed by atoms with Gasteiger partial charge in [-0.05, 0) is 12.0 Å². The molecule has 6 nitrogen and oxygen atoms in total. The van der Waals surface area contributed by atoms with Crippen molar-refractivity contribution in [2.24, 2.45) is 11.8 Å². The number of hydrogen-bond donors (Lipinski definition) is 2. The largest absolute Gasteiger partial charge is 0.496 e. The van der Waals surface area contributed by atoms with Crippen LogP contribution in [0, 0.1) is 11.8 Å². The number of rotatable bonds is 7. The molecule has 0 heterocycles. The van der Waals surface area contributed by atoms with Crippen LogP contribution >= 0.6 is 0 Å². The molecule has 1 rings (SSSR count). The highest BCUT2D eigenvalue weighted by Gasteiger charge is 2.33. The van der Waals surface area contributed by atoms with Crippen LogP contribution in [0.5, 0.6) is 17.2 Å². The maximum atomic E-state index is 11.4. The molecule has 2 unspecified atom stereocenters. The van der Waals surface area contributed by atoms with Gasteiger partial charge in [-0.15, -0.1) is 0 Å². The normalized spacial score (nSPS) is 13.7. The molecule has 118 valence electrons. The van der Waals surface area contributed by atoms with E-state index in [0.29, 0.717) is 22.8 Å². The molecule has 0 bridgehead atoms. The van der Waals surface area contributed by atoms with Crippen molar-refractivity contribution in [3.05, 3.63) is 17.7 Å². The van der Waals surface area contributed by atoms with E-state index in [9.17, 15) is 15.0 Å². The van der Waals surface area contributed by atoms with Gasteiger partial charge in [0.05, 0.1) is 33.4 Å². The number of hydrogen-bond acceptors (Lipinski definition) is 5. The van der Waals surface area contributed by atoms with E-state index >= 15 is 0 Å². The number of carboxylic acid groups (broad SMARTS) is 1. The van der Waals surface area contributed by atoms with Crippen molar-refractivity contribution in [1.29, 1.82) is 0 Å². The summed E-state index contributed by atoms with van der Waals surface area (Å²) in [5.74, 6) is -1.05. The third-order valence-corrected chi connectivity index (χ3v) is 3.40. The van der Waals surface area contributed by atoms with Crippen LogP contribution in [0.4, 0.5) is 0 Å². The van der Waals surface area contributed by atoms with E-state index in [1.54, 1.807) is 26.0 Å². The molecule has 0 saturated heterocycles. The number of aliphatic hydroxyl groups excluding tert-OH is 1. The van der Waals surface area contributed by atoms with E-state index in [1.165, 1.54) is 21.3 Å². The van der Waals surface area contributed by atoms with Gasteiger partial charge < -0.3 is 24.4 Å². The molecule has 0 saturated carbocycles. The van der Waals surface area contributed by atoms with Gasteiger partial charge in [-0.3, -0.25) is 4.79 Å². The molecule has 21 heavy (non-hydrogen) atoms. The van der Waals surface area contributed by atoms with Crippen LogP contribution in [0.15, 0.2) is 12.1 Å². The standard InChI is InChI=1S/C15H22O6/c1-8(2)13(15(17)18)14(16)9-6-11(20-4)12(21-5)7-10(9)19-3/h6-8,13-14,16H,1-5H3,(H,17,18). The highest BCUT2D eigenvalue weighted by atomic mass is 16.5. The number of benzene rings is 1. The topological polar surface area (TPSA) is 85.2 Å². The summed E-state index contributed by atoms with van der Waals surface area (Å²) >= 11 is 0. The van der Waals surface area contributed by atoms with E-state index in [1.807, 2.05) is 0 Å². The first-order chi connectivity index (χ1) is 9.87. The second-order valence-corrected chi connectivity index (χ2v) is 5.00. The third kappa shape index (κ3) is 3.58. The molecule has 2 atom stereocenters. The van der Waals surface area contributed by atoms with Crippen LogP contribution in [0.2, 0.25) is 0 Å². The van der Waals surface area contributed by atoms with Gasteiger partial charge in [0.2, 0.25) is 0 Å². The highest BCUT2D eigenvalue weighted by Crippen LogP contribution is 2.40. The summed E-state index contributed by atoms with van der Waals surface area (Å²) < 4.78 is 15.6. The first kappa shape index (κ1) is 17.1. The highest BCUT2D eigenvalue weighted by molar-refractivity contribution is 5.72. The van der Waals surface area contributed by atoms with Crippen molar-refractivity contribution in [3.8, 4) is 17.2 Å². The number of methoxy groups -OCH3 is 3. The Hall–Kier alpha value is -1.95. The van der Waals surface area contributed by atoms with Gasteiger partial charge in [0.15, 0.2) is 11.5 Å². The van der Waals surface area contributed by atoms with Gasteiger partial charge in [0.1, 0.15) is 5.75 Å². The summed E-state index contributed by atoms with van der Waals surface area (Å²) in [6.45, 7) is 3.49. The SMILES string of the molecule is COc1cc(OC)c(C(O)C(C(=O)O)C(C)C)cc1OC. The molecule has 0 fully saturated rings. The van der Waals surface area contributed by atoms with Gasteiger partial charge >= 0.3 is 5.97 Å². The molecule has 0 aromatic heterocycles. The minimum absolute atomic E-state index is 0.240. The molecule has 2 N–H and O–H groups in total. The lowest BCUT2D eigenvalue weighted by Crippen LogP contribution is -2.27. The molecule has 0 radical (unpaired) electrons. The van der Waals surface area contributed by atoms with Crippen LogP contribution in [-0.2, 0) is 4.79 Å². The van der Waals surface area contributed by atoms with Crippen LogP contribution in [0.1, 0.15) is 25.5 Å². The zero-order valence-electron chi connectivity index (χ0n) is 12.9. The Labute approximate surface area is 124 Å². The zero-order chi connectivity index (χ0) is 16.2. The van der Waals surface area contributed by atoms with Crippen molar-refractivity contribution in [2.45, 2.75) is 20.0 Å². The smallest absolute Gasteiger partial charge is 0.309 e. The third-order valence-electron chi connectivity index (χ3n) is 3.40. The first-order valence-electron chi connectivity index (χ1n) is 6.58. The average Bonchev–Trinajstić information content (AvgIpc) is 2.44. The molecular weight excluding hydrogens is 276 g/mol. The minimum atomic E-state index is -1.21. The fourth-order valence-electron chi connectivity index (χ4n) is 2.26. The summed E-state index contributed by atoms with van der Waals surface area (Å²) in [6.07, 6.45) is -1.21. The summed E-state index contributed by atoms with van der Waals surface area (Å²) in [5, 5.41) is 19.8. The summed E-state index contributed by atoms with van der Waals surface area (Å²) in [5.41, 5.74) is 0.358. The van der Waals surface area contributed by atoms with Crippen molar-refractivity contribution < 1.29 is 29.2 Å². The van der Waals surface area contributed by atoms with Crippen molar-refractivity contribution in [1.82, 2.24) is 0 Å². The molecule has 0 spiro atoms. The van der Waals surface area contributed by atoms with Gasteiger partial charge in [-0.2, -0.15) is 0 Å². The molecule has 6 heteroatoms. The molecule has 0 aliphatic rings. The molecule has 0 aliphatic carbocycles. The summed E-state index contributed by atoms with van der Waals surface area (Å²) in [4.78, 5) is 11.4. The van der Waals surface area contributed by atoms with Gasteiger partial charge in [-0.25, -0.2) is 0 Å². The fraction of sp³-hybridized carbons (Fsp3) is 0.533. The fourth-order valence-corrected chi connectivity index (χ4v) is 2.26. The summed E-state index contributed by atoms with van der Waals surface area (Å²) in [7, 11) is 4.40. The van der Waals surface area contributed by atoms with Gasteiger partial charge in [-0.1, -0.05) is 13.8 Å². The van der Waals surface area contributed by atoms with Crippen molar-refractivity contribution in [3.63, 3.8) is 0 Å². The Morgan fingerprint density at radius 3 is 1.86 bits per heavy atom. The lowest BCUT2D eigenvalue weighted by atomic mass is 9.86. The maximum absolute atomic E-state index is 11.4. The number of aliphatic carboxylic acids is 1. The first-order valence-corrected chi connectivity index (χ1v) is 6.58.